The molecule has 1 saturated heterocycles. The zero-order valence-electron chi connectivity index (χ0n) is 20.4. The fraction of sp³-hybridized carbons (Fsp3) is 0.480. The minimum Gasteiger partial charge on any atom is -0.463 e. The SMILES string of the molecule is C=CCN1C(=O)N[C@H](c2ccccc2Cl)C(C(=O)OCC)=C1CN1CCN(C(=O)NCCC)CC1. The molecule has 0 bridgehead atoms. The molecule has 0 saturated carbocycles. The third-order valence-corrected chi connectivity index (χ3v) is 6.36. The largest absolute Gasteiger partial charge is 0.463 e. The van der Waals surface area contributed by atoms with Crippen LogP contribution in [0.2, 0.25) is 5.02 Å². The lowest BCUT2D eigenvalue weighted by molar-refractivity contribution is -0.139. The van der Waals surface area contributed by atoms with E-state index in [0.29, 0.717) is 61.1 Å². The van der Waals surface area contributed by atoms with Crippen LogP contribution in [0.25, 0.3) is 0 Å². The van der Waals surface area contributed by atoms with Crippen LogP contribution in [0.5, 0.6) is 0 Å². The fourth-order valence-electron chi connectivity index (χ4n) is 4.25. The summed E-state index contributed by atoms with van der Waals surface area (Å²) >= 11 is 6.46. The Hall–Kier alpha value is -3.04. The van der Waals surface area contributed by atoms with Gasteiger partial charge in [-0.1, -0.05) is 42.8 Å². The predicted molar refractivity (Wildman–Crippen MR) is 135 cm³/mol. The third kappa shape index (κ3) is 6.35. The van der Waals surface area contributed by atoms with Crippen LogP contribution in [-0.4, -0.2) is 85.2 Å². The molecule has 0 unspecified atom stereocenters. The average molecular weight is 504 g/mol. The number of hydrogen-bond donors (Lipinski definition) is 2. The summed E-state index contributed by atoms with van der Waals surface area (Å²) in [5, 5.41) is 6.28. The number of halogens is 1. The maximum Gasteiger partial charge on any atom is 0.338 e. The zero-order valence-corrected chi connectivity index (χ0v) is 21.1. The van der Waals surface area contributed by atoms with Crippen molar-refractivity contribution in [2.24, 2.45) is 0 Å². The van der Waals surface area contributed by atoms with Crippen molar-refractivity contribution in [3.63, 3.8) is 0 Å². The van der Waals surface area contributed by atoms with E-state index in [4.69, 9.17) is 16.3 Å². The van der Waals surface area contributed by atoms with Crippen LogP contribution in [0.15, 0.2) is 48.2 Å². The molecule has 1 fully saturated rings. The molecule has 190 valence electrons. The Labute approximate surface area is 211 Å². The second-order valence-electron chi connectivity index (χ2n) is 8.38. The molecular formula is C25H34ClN5O4. The molecule has 1 atom stereocenters. The lowest BCUT2D eigenvalue weighted by atomic mass is 9.94. The maximum atomic E-state index is 13.2. The van der Waals surface area contributed by atoms with Crippen molar-refractivity contribution in [2.45, 2.75) is 26.3 Å². The van der Waals surface area contributed by atoms with Gasteiger partial charge in [-0.15, -0.1) is 6.58 Å². The topological polar surface area (TPSA) is 94.2 Å². The van der Waals surface area contributed by atoms with Crippen molar-refractivity contribution >= 4 is 29.6 Å². The molecule has 2 heterocycles. The average Bonchev–Trinajstić information content (AvgIpc) is 2.85. The Morgan fingerprint density at radius 3 is 2.57 bits per heavy atom. The van der Waals surface area contributed by atoms with Gasteiger partial charge in [0.25, 0.3) is 0 Å². The van der Waals surface area contributed by atoms with Crippen molar-refractivity contribution in [3.8, 4) is 0 Å². The number of urea groups is 2. The standard InChI is InChI=1S/C25H34ClN5O4/c1-4-11-27-24(33)30-15-13-29(14-16-30)17-20-21(23(32)35-6-3)22(18-9-7-8-10-19(18)26)28-25(34)31(20)12-5-2/h5,7-10,22H,2,4,6,11-17H2,1,3H3,(H,27,33)(H,28,34)/t22-/m1/s1. The van der Waals surface area contributed by atoms with Crippen LogP contribution in [0, 0.1) is 0 Å². The second-order valence-corrected chi connectivity index (χ2v) is 8.79. The Balaban J connectivity index is 1.93. The number of ether oxygens (including phenoxy) is 1. The van der Waals surface area contributed by atoms with E-state index in [9.17, 15) is 14.4 Å². The highest BCUT2D eigenvalue weighted by Crippen LogP contribution is 2.35. The van der Waals surface area contributed by atoms with Gasteiger partial charge in [-0.3, -0.25) is 9.80 Å². The summed E-state index contributed by atoms with van der Waals surface area (Å²) in [6.07, 6.45) is 2.50. The van der Waals surface area contributed by atoms with E-state index in [1.807, 2.05) is 13.0 Å². The van der Waals surface area contributed by atoms with Crippen molar-refractivity contribution in [1.82, 2.24) is 25.3 Å². The number of carbonyl (C=O) groups is 3. The maximum absolute atomic E-state index is 13.2. The van der Waals surface area contributed by atoms with Crippen LogP contribution in [0.3, 0.4) is 0 Å². The first-order chi connectivity index (χ1) is 16.9. The highest BCUT2D eigenvalue weighted by atomic mass is 35.5. The highest BCUT2D eigenvalue weighted by molar-refractivity contribution is 6.31. The first-order valence-electron chi connectivity index (χ1n) is 12.0. The van der Waals surface area contributed by atoms with E-state index in [1.54, 1.807) is 36.1 Å². The molecule has 1 aromatic carbocycles. The van der Waals surface area contributed by atoms with Gasteiger partial charge in [0.1, 0.15) is 0 Å². The highest BCUT2D eigenvalue weighted by Gasteiger charge is 2.39. The molecule has 1 aromatic rings. The number of rotatable bonds is 9. The lowest BCUT2D eigenvalue weighted by Crippen LogP contribution is -2.55. The third-order valence-electron chi connectivity index (χ3n) is 6.02. The van der Waals surface area contributed by atoms with Crippen LogP contribution in [0.1, 0.15) is 31.9 Å². The molecule has 4 amide bonds. The van der Waals surface area contributed by atoms with Gasteiger partial charge >= 0.3 is 18.0 Å². The van der Waals surface area contributed by atoms with E-state index in [2.05, 4.69) is 22.1 Å². The van der Waals surface area contributed by atoms with Crippen LogP contribution in [0.4, 0.5) is 9.59 Å². The van der Waals surface area contributed by atoms with Crippen LogP contribution < -0.4 is 10.6 Å². The van der Waals surface area contributed by atoms with Crippen molar-refractivity contribution in [2.75, 3.05) is 52.4 Å². The van der Waals surface area contributed by atoms with E-state index in [-0.39, 0.29) is 25.2 Å². The van der Waals surface area contributed by atoms with Gasteiger partial charge in [0.2, 0.25) is 0 Å². The van der Waals surface area contributed by atoms with Gasteiger partial charge in [-0.05, 0) is 25.0 Å². The molecule has 35 heavy (non-hydrogen) atoms. The lowest BCUT2D eigenvalue weighted by Gasteiger charge is -2.40. The summed E-state index contributed by atoms with van der Waals surface area (Å²) in [6.45, 7) is 11.3. The molecule has 0 spiro atoms. The van der Waals surface area contributed by atoms with Gasteiger partial charge in [0.15, 0.2) is 0 Å². The van der Waals surface area contributed by atoms with E-state index in [0.717, 1.165) is 6.42 Å². The quantitative estimate of drug-likeness (QED) is 0.399. The van der Waals surface area contributed by atoms with Gasteiger partial charge < -0.3 is 20.3 Å². The Morgan fingerprint density at radius 2 is 1.94 bits per heavy atom. The minimum absolute atomic E-state index is 0.0676. The minimum atomic E-state index is -0.743. The number of carbonyl (C=O) groups excluding carboxylic acids is 3. The predicted octanol–water partition coefficient (Wildman–Crippen LogP) is 3.15. The summed E-state index contributed by atoms with van der Waals surface area (Å²) in [7, 11) is 0. The molecule has 0 radical (unpaired) electrons. The van der Waals surface area contributed by atoms with E-state index in [1.165, 1.54) is 4.90 Å². The van der Waals surface area contributed by atoms with E-state index < -0.39 is 12.0 Å². The summed E-state index contributed by atoms with van der Waals surface area (Å²) < 4.78 is 5.42. The van der Waals surface area contributed by atoms with Crippen molar-refractivity contribution in [1.29, 1.82) is 0 Å². The smallest absolute Gasteiger partial charge is 0.338 e. The summed E-state index contributed by atoms with van der Waals surface area (Å²) in [4.78, 5) is 44.2. The zero-order chi connectivity index (χ0) is 25.4. The second kappa shape index (κ2) is 12.6. The molecule has 9 nitrogen and oxygen atoms in total. The van der Waals surface area contributed by atoms with Crippen LogP contribution >= 0.6 is 11.6 Å². The molecule has 0 aliphatic carbocycles. The van der Waals surface area contributed by atoms with E-state index >= 15 is 0 Å². The van der Waals surface area contributed by atoms with Crippen LogP contribution in [-0.2, 0) is 9.53 Å². The molecule has 2 N–H and O–H groups in total. The summed E-state index contributed by atoms with van der Waals surface area (Å²) in [6, 6.07) is 5.98. The van der Waals surface area contributed by atoms with Gasteiger partial charge in [0, 0.05) is 56.5 Å². The molecule has 10 heteroatoms. The molecule has 2 aliphatic heterocycles. The summed E-state index contributed by atoms with van der Waals surface area (Å²) in [5.41, 5.74) is 1.53. The Morgan fingerprint density at radius 1 is 1.23 bits per heavy atom. The molecule has 0 aromatic heterocycles. The Kier molecular flexibility index (Phi) is 9.56. The number of nitrogens with one attached hydrogen (secondary N) is 2. The van der Waals surface area contributed by atoms with Gasteiger partial charge in [0.05, 0.1) is 18.2 Å². The van der Waals surface area contributed by atoms with Gasteiger partial charge in [-0.2, -0.15) is 0 Å². The molecular weight excluding hydrogens is 470 g/mol. The normalized spacial score (nSPS) is 18.8. The Bertz CT molecular complexity index is 974. The number of piperazine rings is 1. The first-order valence-corrected chi connectivity index (χ1v) is 12.4. The fourth-order valence-corrected chi connectivity index (χ4v) is 4.50. The number of hydrogen-bond acceptors (Lipinski definition) is 5. The van der Waals surface area contributed by atoms with Crippen molar-refractivity contribution < 1.29 is 19.1 Å². The summed E-state index contributed by atoms with van der Waals surface area (Å²) in [5.74, 6) is -0.501. The number of benzene rings is 1. The first kappa shape index (κ1) is 26.6. The number of nitrogens with zero attached hydrogens (tertiary/aromatic N) is 3. The van der Waals surface area contributed by atoms with Crippen molar-refractivity contribution in [3.05, 3.63) is 58.8 Å². The monoisotopic (exact) mass is 503 g/mol. The molecule has 3 rings (SSSR count). The number of amides is 4. The number of esters is 1. The molecule has 2 aliphatic rings. The van der Waals surface area contributed by atoms with Gasteiger partial charge in [-0.25, -0.2) is 14.4 Å².